The molecule has 144 valence electrons. The normalized spacial score (nSPS) is 16.5. The van der Waals surface area contributed by atoms with Gasteiger partial charge in [-0.05, 0) is 54.1 Å². The number of nitro benzene ring substituents is 1. The molecule has 1 amide bonds. The number of phenolic OH excluding ortho intramolecular Hbond substituents is 1. The molecule has 0 aromatic heterocycles. The molecule has 0 saturated carbocycles. The number of hydrogen-bond acceptors (Lipinski definition) is 7. The van der Waals surface area contributed by atoms with Crippen molar-refractivity contribution in [2.24, 2.45) is 4.99 Å². The Labute approximate surface area is 169 Å². The highest BCUT2D eigenvalue weighted by molar-refractivity contribution is 8.18. The van der Waals surface area contributed by atoms with Crippen LogP contribution >= 0.6 is 23.4 Å². The summed E-state index contributed by atoms with van der Waals surface area (Å²) in [4.78, 5) is 27.3. The molecule has 28 heavy (non-hydrogen) atoms. The van der Waals surface area contributed by atoms with Crippen molar-refractivity contribution in [3.63, 3.8) is 0 Å². The number of nitrogens with one attached hydrogen (secondary N) is 1. The van der Waals surface area contributed by atoms with Crippen LogP contribution in [0.3, 0.4) is 0 Å². The van der Waals surface area contributed by atoms with E-state index >= 15 is 0 Å². The van der Waals surface area contributed by atoms with Crippen LogP contribution in [0.1, 0.15) is 11.1 Å². The van der Waals surface area contributed by atoms with Gasteiger partial charge >= 0.3 is 5.69 Å². The van der Waals surface area contributed by atoms with E-state index in [9.17, 15) is 20.0 Å². The van der Waals surface area contributed by atoms with Gasteiger partial charge in [-0.25, -0.2) is 4.99 Å². The first-order valence-corrected chi connectivity index (χ1v) is 9.09. The third-order valence-corrected chi connectivity index (χ3v) is 5.22. The first-order valence-electron chi connectivity index (χ1n) is 7.90. The number of amidine groups is 1. The second kappa shape index (κ2) is 7.91. The number of aromatic hydroxyl groups is 1. The number of thioether (sulfide) groups is 1. The van der Waals surface area contributed by atoms with Crippen molar-refractivity contribution >= 4 is 51.9 Å². The molecule has 2 N–H and O–H groups in total. The molecule has 3 rings (SSSR count). The number of carbonyl (C=O) groups is 1. The number of amides is 1. The number of phenols is 1. The average Bonchev–Trinajstić information content (AvgIpc) is 2.99. The van der Waals surface area contributed by atoms with E-state index in [0.29, 0.717) is 26.3 Å². The van der Waals surface area contributed by atoms with Crippen LogP contribution in [0.2, 0.25) is 5.02 Å². The van der Waals surface area contributed by atoms with Crippen molar-refractivity contribution in [1.29, 1.82) is 0 Å². The third-order valence-electron chi connectivity index (χ3n) is 3.90. The molecule has 1 aliphatic heterocycles. The number of nitro groups is 1. The van der Waals surface area contributed by atoms with E-state index in [0.717, 1.165) is 23.4 Å². The molecule has 1 aliphatic rings. The second-order valence-corrected chi connectivity index (χ2v) is 7.15. The molecule has 0 aliphatic carbocycles. The lowest BCUT2D eigenvalue weighted by atomic mass is 10.1. The molecule has 1 heterocycles. The van der Waals surface area contributed by atoms with Gasteiger partial charge in [-0.2, -0.15) is 0 Å². The Morgan fingerprint density at radius 1 is 1.39 bits per heavy atom. The van der Waals surface area contributed by atoms with Crippen LogP contribution < -0.4 is 10.1 Å². The number of hydrogen-bond donors (Lipinski definition) is 2. The molecule has 1 fully saturated rings. The van der Waals surface area contributed by atoms with Gasteiger partial charge in [0.25, 0.3) is 5.91 Å². The van der Waals surface area contributed by atoms with Gasteiger partial charge in [0.1, 0.15) is 0 Å². The summed E-state index contributed by atoms with van der Waals surface area (Å²) < 4.78 is 4.96. The molecule has 0 atom stereocenters. The molecule has 2 aromatic rings. The molecule has 0 radical (unpaired) electrons. The highest BCUT2D eigenvalue weighted by Crippen LogP contribution is 2.38. The Kier molecular flexibility index (Phi) is 5.57. The van der Waals surface area contributed by atoms with Gasteiger partial charge < -0.3 is 15.2 Å². The fraction of sp³-hybridized carbons (Fsp3) is 0.111. The van der Waals surface area contributed by atoms with Crippen LogP contribution in [-0.4, -0.2) is 28.2 Å². The first kappa shape index (κ1) is 19.7. The Morgan fingerprint density at radius 2 is 2.14 bits per heavy atom. The zero-order chi connectivity index (χ0) is 20.4. The summed E-state index contributed by atoms with van der Waals surface area (Å²) in [6, 6.07) is 7.84. The molecular weight excluding hydrogens is 406 g/mol. The highest BCUT2D eigenvalue weighted by atomic mass is 35.5. The Hall–Kier alpha value is -3.04. The molecule has 10 heteroatoms. The number of methoxy groups -OCH3 is 1. The molecule has 0 bridgehead atoms. The summed E-state index contributed by atoms with van der Waals surface area (Å²) in [5.41, 5.74) is 1.22. The average molecular weight is 420 g/mol. The number of rotatable bonds is 4. The quantitative estimate of drug-likeness (QED) is 0.437. The zero-order valence-electron chi connectivity index (χ0n) is 14.7. The molecule has 0 unspecified atom stereocenters. The SMILES string of the molecule is COc1cc(/C=C2\SC(=Nc3cccc(Cl)c3C)NC2=O)cc([N+](=O)[O-])c1O. The summed E-state index contributed by atoms with van der Waals surface area (Å²) in [6.07, 6.45) is 1.46. The third kappa shape index (κ3) is 3.95. The van der Waals surface area contributed by atoms with E-state index in [1.807, 2.05) is 6.92 Å². The lowest BCUT2D eigenvalue weighted by Gasteiger charge is -2.05. The van der Waals surface area contributed by atoms with Crippen molar-refractivity contribution in [2.75, 3.05) is 7.11 Å². The number of halogens is 1. The lowest BCUT2D eigenvalue weighted by Crippen LogP contribution is -2.19. The molecule has 0 spiro atoms. The van der Waals surface area contributed by atoms with E-state index < -0.39 is 22.3 Å². The van der Waals surface area contributed by atoms with Crippen molar-refractivity contribution < 1.29 is 19.6 Å². The van der Waals surface area contributed by atoms with E-state index in [-0.39, 0.29) is 5.75 Å². The van der Waals surface area contributed by atoms with Crippen LogP contribution in [0.5, 0.6) is 11.5 Å². The lowest BCUT2D eigenvalue weighted by molar-refractivity contribution is -0.386. The Bertz CT molecular complexity index is 1050. The summed E-state index contributed by atoms with van der Waals surface area (Å²) in [5.74, 6) is -1.03. The standard InChI is InChI=1S/C18H14ClN3O5S/c1-9-11(19)4-3-5-12(9)20-18-21-17(24)15(28-18)8-10-6-13(22(25)26)16(23)14(7-10)27-2/h3-8,23H,1-2H3,(H,20,21,24)/b15-8-. The van der Waals surface area contributed by atoms with Gasteiger partial charge in [-0.15, -0.1) is 0 Å². The van der Waals surface area contributed by atoms with Crippen LogP contribution in [0, 0.1) is 17.0 Å². The van der Waals surface area contributed by atoms with Crippen LogP contribution in [0.15, 0.2) is 40.2 Å². The maximum Gasteiger partial charge on any atom is 0.315 e. The zero-order valence-corrected chi connectivity index (χ0v) is 16.3. The predicted octanol–water partition coefficient (Wildman–Crippen LogP) is 4.16. The monoisotopic (exact) mass is 419 g/mol. The maximum atomic E-state index is 12.2. The van der Waals surface area contributed by atoms with E-state index in [2.05, 4.69) is 10.3 Å². The van der Waals surface area contributed by atoms with Crippen LogP contribution in [-0.2, 0) is 4.79 Å². The highest BCUT2D eigenvalue weighted by Gasteiger charge is 2.25. The minimum atomic E-state index is -0.726. The minimum absolute atomic E-state index is 0.0621. The summed E-state index contributed by atoms with van der Waals surface area (Å²) in [5, 5.41) is 24.5. The Balaban J connectivity index is 1.95. The van der Waals surface area contributed by atoms with Gasteiger partial charge in [0, 0.05) is 11.1 Å². The maximum absolute atomic E-state index is 12.2. The van der Waals surface area contributed by atoms with Crippen molar-refractivity contribution in [3.8, 4) is 11.5 Å². The first-order chi connectivity index (χ1) is 13.3. The van der Waals surface area contributed by atoms with Gasteiger partial charge in [0.15, 0.2) is 10.9 Å². The van der Waals surface area contributed by atoms with E-state index in [1.165, 1.54) is 19.3 Å². The number of aliphatic imine (C=N–C) groups is 1. The fourth-order valence-electron chi connectivity index (χ4n) is 2.45. The predicted molar refractivity (Wildman–Crippen MR) is 108 cm³/mol. The molecule has 1 saturated heterocycles. The molecule has 8 nitrogen and oxygen atoms in total. The molecule has 2 aromatic carbocycles. The van der Waals surface area contributed by atoms with Crippen LogP contribution in [0.4, 0.5) is 11.4 Å². The van der Waals surface area contributed by atoms with Crippen molar-refractivity contribution in [1.82, 2.24) is 5.32 Å². The summed E-state index contributed by atoms with van der Waals surface area (Å²) in [6.45, 7) is 1.82. The van der Waals surface area contributed by atoms with Gasteiger partial charge in [0.2, 0.25) is 5.75 Å². The smallest absolute Gasteiger partial charge is 0.315 e. The van der Waals surface area contributed by atoms with Gasteiger partial charge in [-0.1, -0.05) is 17.7 Å². The van der Waals surface area contributed by atoms with Crippen molar-refractivity contribution in [2.45, 2.75) is 6.92 Å². The molecular formula is C18H14ClN3O5S. The van der Waals surface area contributed by atoms with E-state index in [4.69, 9.17) is 16.3 Å². The largest absolute Gasteiger partial charge is 0.500 e. The Morgan fingerprint density at radius 3 is 2.82 bits per heavy atom. The number of ether oxygens (including phenoxy) is 1. The number of nitrogens with zero attached hydrogens (tertiary/aromatic N) is 2. The van der Waals surface area contributed by atoms with Gasteiger partial charge in [-0.3, -0.25) is 14.9 Å². The number of carbonyl (C=O) groups excluding carboxylic acids is 1. The van der Waals surface area contributed by atoms with E-state index in [1.54, 1.807) is 18.2 Å². The topological polar surface area (TPSA) is 114 Å². The van der Waals surface area contributed by atoms with Gasteiger partial charge in [0.05, 0.1) is 22.6 Å². The van der Waals surface area contributed by atoms with Crippen LogP contribution in [0.25, 0.3) is 6.08 Å². The summed E-state index contributed by atoms with van der Waals surface area (Å²) in [7, 11) is 1.28. The van der Waals surface area contributed by atoms with Crippen molar-refractivity contribution in [3.05, 3.63) is 61.5 Å². The number of benzene rings is 2. The summed E-state index contributed by atoms with van der Waals surface area (Å²) >= 11 is 7.17. The minimum Gasteiger partial charge on any atom is -0.500 e. The fourth-order valence-corrected chi connectivity index (χ4v) is 3.45. The second-order valence-electron chi connectivity index (χ2n) is 5.71.